The molecule has 2 aromatic rings. The molecule has 0 aliphatic carbocycles. The Labute approximate surface area is 127 Å². The Morgan fingerprint density at radius 3 is 2.45 bits per heavy atom. The molecule has 2 N–H and O–H groups in total. The van der Waals surface area contributed by atoms with Crippen molar-refractivity contribution in [2.24, 2.45) is 0 Å². The van der Waals surface area contributed by atoms with Crippen LogP contribution in [0.1, 0.15) is 5.56 Å². The zero-order valence-corrected chi connectivity index (χ0v) is 12.5. The van der Waals surface area contributed by atoms with E-state index < -0.39 is 10.0 Å². The second-order valence-electron chi connectivity index (χ2n) is 4.07. The van der Waals surface area contributed by atoms with Gasteiger partial charge in [0.15, 0.2) is 0 Å². The lowest BCUT2D eigenvalue weighted by Crippen LogP contribution is -2.23. The minimum Gasteiger partial charge on any atom is -0.508 e. The van der Waals surface area contributed by atoms with Crippen LogP contribution in [0, 0.1) is 0 Å². The molecule has 0 bridgehead atoms. The van der Waals surface area contributed by atoms with Crippen molar-refractivity contribution in [1.29, 1.82) is 0 Å². The highest BCUT2D eigenvalue weighted by molar-refractivity contribution is 7.89. The normalized spacial score (nSPS) is 11.5. The van der Waals surface area contributed by atoms with E-state index in [1.165, 1.54) is 30.3 Å². The number of hydrogen-bond acceptors (Lipinski definition) is 3. The van der Waals surface area contributed by atoms with Gasteiger partial charge in [-0.2, -0.15) is 0 Å². The van der Waals surface area contributed by atoms with E-state index in [1.54, 1.807) is 12.1 Å². The van der Waals surface area contributed by atoms with E-state index in [9.17, 15) is 13.5 Å². The van der Waals surface area contributed by atoms with Crippen molar-refractivity contribution in [3.8, 4) is 5.75 Å². The van der Waals surface area contributed by atoms with Crippen molar-refractivity contribution in [2.45, 2.75) is 11.4 Å². The predicted octanol–water partition coefficient (Wildman–Crippen LogP) is 3.18. The Morgan fingerprint density at radius 1 is 1.05 bits per heavy atom. The van der Waals surface area contributed by atoms with Gasteiger partial charge in [0.1, 0.15) is 5.75 Å². The maximum Gasteiger partial charge on any atom is 0.240 e. The lowest BCUT2D eigenvalue weighted by Gasteiger charge is -2.08. The number of hydrogen-bond donors (Lipinski definition) is 2. The van der Waals surface area contributed by atoms with Crippen molar-refractivity contribution < 1.29 is 13.5 Å². The van der Waals surface area contributed by atoms with Gasteiger partial charge >= 0.3 is 0 Å². The fourth-order valence-corrected chi connectivity index (χ4v) is 2.98. The van der Waals surface area contributed by atoms with Gasteiger partial charge in [0, 0.05) is 6.54 Å². The zero-order chi connectivity index (χ0) is 14.8. The van der Waals surface area contributed by atoms with Crippen LogP contribution in [0.2, 0.25) is 10.0 Å². The number of rotatable bonds is 4. The topological polar surface area (TPSA) is 66.4 Å². The van der Waals surface area contributed by atoms with E-state index in [-0.39, 0.29) is 22.2 Å². The summed E-state index contributed by atoms with van der Waals surface area (Å²) < 4.78 is 26.6. The van der Waals surface area contributed by atoms with Gasteiger partial charge in [-0.25, -0.2) is 13.1 Å². The molecule has 0 unspecified atom stereocenters. The van der Waals surface area contributed by atoms with Crippen molar-refractivity contribution in [2.75, 3.05) is 0 Å². The quantitative estimate of drug-likeness (QED) is 0.904. The Kier molecular flexibility index (Phi) is 4.55. The van der Waals surface area contributed by atoms with Gasteiger partial charge in [0.05, 0.1) is 14.9 Å². The molecule has 20 heavy (non-hydrogen) atoms. The van der Waals surface area contributed by atoms with E-state index in [0.717, 1.165) is 0 Å². The van der Waals surface area contributed by atoms with Crippen molar-refractivity contribution >= 4 is 33.2 Å². The van der Waals surface area contributed by atoms with Crippen molar-refractivity contribution in [3.63, 3.8) is 0 Å². The molecule has 0 amide bonds. The van der Waals surface area contributed by atoms with Crippen LogP contribution in [0.3, 0.4) is 0 Å². The van der Waals surface area contributed by atoms with Crippen LogP contribution in [0.4, 0.5) is 0 Å². The smallest absolute Gasteiger partial charge is 0.240 e. The fraction of sp³-hybridized carbons (Fsp3) is 0.0769. The summed E-state index contributed by atoms with van der Waals surface area (Å²) >= 11 is 11.5. The zero-order valence-electron chi connectivity index (χ0n) is 10.2. The number of halogens is 2. The summed E-state index contributed by atoms with van der Waals surface area (Å²) in [5.74, 6) is 0.0798. The second kappa shape index (κ2) is 6.01. The number of benzene rings is 2. The van der Waals surface area contributed by atoms with Crippen LogP contribution in [0.5, 0.6) is 5.75 Å². The van der Waals surface area contributed by atoms with Crippen molar-refractivity contribution in [1.82, 2.24) is 4.72 Å². The molecule has 0 aliphatic rings. The molecule has 106 valence electrons. The molecule has 4 nitrogen and oxygen atoms in total. The van der Waals surface area contributed by atoms with Crippen LogP contribution in [0.15, 0.2) is 47.4 Å². The van der Waals surface area contributed by atoms with Gasteiger partial charge < -0.3 is 5.11 Å². The van der Waals surface area contributed by atoms with Gasteiger partial charge in [-0.1, -0.05) is 35.3 Å². The average molecular weight is 332 g/mol. The Balaban J connectivity index is 2.17. The molecule has 0 aromatic heterocycles. The summed E-state index contributed by atoms with van der Waals surface area (Å²) in [6.45, 7) is 0.0664. The third-order valence-corrected chi connectivity index (χ3v) is 4.72. The Hall–Kier alpha value is -1.27. The molecular formula is C13H11Cl2NO3S. The highest BCUT2D eigenvalue weighted by Gasteiger charge is 2.15. The molecule has 0 saturated heterocycles. The largest absolute Gasteiger partial charge is 0.508 e. The van der Waals surface area contributed by atoms with Crippen LogP contribution in [-0.2, 0) is 16.6 Å². The summed E-state index contributed by atoms with van der Waals surface area (Å²) in [5, 5.41) is 9.78. The summed E-state index contributed by atoms with van der Waals surface area (Å²) in [6.07, 6.45) is 0. The first-order chi connectivity index (χ1) is 9.38. The monoisotopic (exact) mass is 331 g/mol. The summed E-state index contributed by atoms with van der Waals surface area (Å²) in [4.78, 5) is 0.0343. The molecule has 0 aliphatic heterocycles. The summed E-state index contributed by atoms with van der Waals surface area (Å²) in [5.41, 5.74) is 0.647. The first-order valence-corrected chi connectivity index (χ1v) is 7.85. The van der Waals surface area contributed by atoms with Crippen LogP contribution in [-0.4, -0.2) is 13.5 Å². The first-order valence-electron chi connectivity index (χ1n) is 5.61. The van der Waals surface area contributed by atoms with Crippen LogP contribution < -0.4 is 4.72 Å². The average Bonchev–Trinajstić information content (AvgIpc) is 2.40. The lowest BCUT2D eigenvalue weighted by atomic mass is 10.2. The third-order valence-electron chi connectivity index (χ3n) is 2.58. The summed E-state index contributed by atoms with van der Waals surface area (Å²) in [6, 6.07) is 10.4. The molecule has 2 aromatic carbocycles. The molecule has 0 saturated carbocycles. The Bertz CT molecular complexity index is 732. The molecule has 7 heteroatoms. The van der Waals surface area contributed by atoms with Gasteiger partial charge in [0.25, 0.3) is 0 Å². The maximum atomic E-state index is 12.1. The number of phenolic OH excluding ortho intramolecular Hbond substituents is 1. The molecule has 0 fully saturated rings. The molecular weight excluding hydrogens is 321 g/mol. The highest BCUT2D eigenvalue weighted by atomic mass is 35.5. The molecule has 0 heterocycles. The standard InChI is InChI=1S/C13H11Cl2NO3S/c14-12-5-4-11(7-13(12)15)20(18,19)16-8-9-2-1-3-10(17)6-9/h1-7,16-17H,8H2. The number of nitrogens with one attached hydrogen (secondary N) is 1. The van der Waals surface area contributed by atoms with E-state index >= 15 is 0 Å². The molecule has 0 spiro atoms. The SMILES string of the molecule is O=S(=O)(NCc1cccc(O)c1)c1ccc(Cl)c(Cl)c1. The highest BCUT2D eigenvalue weighted by Crippen LogP contribution is 2.24. The van der Waals surface area contributed by atoms with Gasteiger partial charge in [0.2, 0.25) is 10.0 Å². The minimum absolute atomic E-state index is 0.0343. The van der Waals surface area contributed by atoms with E-state index in [1.807, 2.05) is 0 Å². The number of sulfonamides is 1. The second-order valence-corrected chi connectivity index (χ2v) is 6.65. The number of phenols is 1. The fourth-order valence-electron chi connectivity index (χ4n) is 1.57. The van der Waals surface area contributed by atoms with Gasteiger partial charge in [-0.05, 0) is 35.9 Å². The van der Waals surface area contributed by atoms with Crippen LogP contribution >= 0.6 is 23.2 Å². The molecule has 0 radical (unpaired) electrons. The van der Waals surface area contributed by atoms with Crippen molar-refractivity contribution in [3.05, 3.63) is 58.1 Å². The summed E-state index contributed by atoms with van der Waals surface area (Å²) in [7, 11) is -3.69. The lowest BCUT2D eigenvalue weighted by molar-refractivity contribution is 0.474. The molecule has 0 atom stereocenters. The first kappa shape index (κ1) is 15.1. The minimum atomic E-state index is -3.69. The predicted molar refractivity (Wildman–Crippen MR) is 78.6 cm³/mol. The van der Waals surface area contributed by atoms with Gasteiger partial charge in [-0.3, -0.25) is 0 Å². The third kappa shape index (κ3) is 3.64. The van der Waals surface area contributed by atoms with E-state index in [4.69, 9.17) is 23.2 Å². The number of aromatic hydroxyl groups is 1. The van der Waals surface area contributed by atoms with Crippen LogP contribution in [0.25, 0.3) is 0 Å². The van der Waals surface area contributed by atoms with Gasteiger partial charge in [-0.15, -0.1) is 0 Å². The molecule has 2 rings (SSSR count). The maximum absolute atomic E-state index is 12.1. The van der Waals surface area contributed by atoms with E-state index in [0.29, 0.717) is 10.6 Å². The van der Waals surface area contributed by atoms with E-state index in [2.05, 4.69) is 4.72 Å². The Morgan fingerprint density at radius 2 is 1.80 bits per heavy atom.